The molecule has 5 nitrogen and oxygen atoms in total. The van der Waals surface area contributed by atoms with Crippen LogP contribution in [0, 0.1) is 19.8 Å². The number of hydrogen-bond donors (Lipinski definition) is 0. The van der Waals surface area contributed by atoms with Gasteiger partial charge in [-0.1, -0.05) is 35.9 Å². The van der Waals surface area contributed by atoms with Gasteiger partial charge in [-0.25, -0.2) is 0 Å². The summed E-state index contributed by atoms with van der Waals surface area (Å²) in [6.07, 6.45) is 1.43. The lowest BCUT2D eigenvalue weighted by molar-refractivity contribution is -0.137. The van der Waals surface area contributed by atoms with Gasteiger partial charge in [0.15, 0.2) is 0 Å². The first-order valence-corrected chi connectivity index (χ1v) is 11.5. The smallest absolute Gasteiger partial charge is 0.255 e. The zero-order valence-electron chi connectivity index (χ0n) is 18.3. The predicted octanol–water partition coefficient (Wildman–Crippen LogP) is 4.16. The van der Waals surface area contributed by atoms with E-state index in [0.717, 1.165) is 26.2 Å². The number of amides is 2. The molecule has 2 aromatic rings. The first-order chi connectivity index (χ1) is 15.0. The molecule has 0 aliphatic carbocycles. The quantitative estimate of drug-likeness (QED) is 0.721. The van der Waals surface area contributed by atoms with Gasteiger partial charge in [-0.05, 0) is 56.0 Å². The molecule has 31 heavy (non-hydrogen) atoms. The maximum absolute atomic E-state index is 13.1. The first kappa shape index (κ1) is 21.7. The van der Waals surface area contributed by atoms with Gasteiger partial charge in [-0.3, -0.25) is 9.59 Å². The van der Waals surface area contributed by atoms with E-state index in [0.29, 0.717) is 36.5 Å². The second-order valence-electron chi connectivity index (χ2n) is 8.58. The van der Waals surface area contributed by atoms with E-state index in [-0.39, 0.29) is 17.7 Å². The van der Waals surface area contributed by atoms with Crippen molar-refractivity contribution in [2.45, 2.75) is 26.7 Å². The topological polar surface area (TPSA) is 43.9 Å². The van der Waals surface area contributed by atoms with Crippen molar-refractivity contribution in [3.05, 3.63) is 64.2 Å². The molecule has 0 unspecified atom stereocenters. The minimum absolute atomic E-state index is 0.00236. The molecule has 0 radical (unpaired) electrons. The Morgan fingerprint density at radius 1 is 0.839 bits per heavy atom. The number of hydrogen-bond acceptors (Lipinski definition) is 3. The molecule has 6 heteroatoms. The Bertz CT molecular complexity index is 961. The summed E-state index contributed by atoms with van der Waals surface area (Å²) in [6, 6.07) is 13.6. The highest BCUT2D eigenvalue weighted by molar-refractivity contribution is 6.33. The molecule has 0 aromatic heterocycles. The van der Waals surface area contributed by atoms with E-state index in [1.165, 1.54) is 16.8 Å². The Morgan fingerprint density at radius 2 is 1.52 bits per heavy atom. The van der Waals surface area contributed by atoms with E-state index in [4.69, 9.17) is 11.6 Å². The molecule has 164 valence electrons. The summed E-state index contributed by atoms with van der Waals surface area (Å²) < 4.78 is 0. The molecule has 0 spiro atoms. The lowest BCUT2D eigenvalue weighted by Crippen LogP contribution is -2.52. The second-order valence-corrected chi connectivity index (χ2v) is 8.98. The number of benzene rings is 2. The Hall–Kier alpha value is -2.53. The van der Waals surface area contributed by atoms with Gasteiger partial charge in [-0.15, -0.1) is 0 Å². The lowest BCUT2D eigenvalue weighted by atomic mass is 9.94. The number of likely N-dealkylation sites (tertiary alicyclic amines) is 1. The number of rotatable bonds is 3. The largest absolute Gasteiger partial charge is 0.368 e. The maximum Gasteiger partial charge on any atom is 0.255 e. The fourth-order valence-electron chi connectivity index (χ4n) is 4.64. The molecular weight excluding hydrogens is 410 g/mol. The van der Waals surface area contributed by atoms with Crippen LogP contribution in [0.1, 0.15) is 34.3 Å². The fraction of sp³-hybridized carbons (Fsp3) is 0.440. The van der Waals surface area contributed by atoms with Crippen molar-refractivity contribution < 1.29 is 9.59 Å². The van der Waals surface area contributed by atoms with Crippen molar-refractivity contribution >= 4 is 29.1 Å². The summed E-state index contributed by atoms with van der Waals surface area (Å²) >= 11 is 6.18. The van der Waals surface area contributed by atoms with Crippen LogP contribution in [0.25, 0.3) is 0 Å². The van der Waals surface area contributed by atoms with Crippen LogP contribution in [0.4, 0.5) is 5.69 Å². The first-order valence-electron chi connectivity index (χ1n) is 11.1. The average molecular weight is 440 g/mol. The normalized spacial score (nSPS) is 17.7. The number of halogens is 1. The van der Waals surface area contributed by atoms with Crippen LogP contribution >= 0.6 is 11.6 Å². The third-order valence-corrected chi connectivity index (χ3v) is 7.07. The van der Waals surface area contributed by atoms with Crippen LogP contribution in [0.3, 0.4) is 0 Å². The van der Waals surface area contributed by atoms with Crippen molar-refractivity contribution in [2.24, 2.45) is 5.92 Å². The summed E-state index contributed by atoms with van der Waals surface area (Å²) in [5.74, 6) is 0.201. The van der Waals surface area contributed by atoms with Crippen LogP contribution < -0.4 is 4.90 Å². The minimum Gasteiger partial charge on any atom is -0.368 e. The number of piperidine rings is 1. The van der Waals surface area contributed by atoms with Crippen LogP contribution in [0.5, 0.6) is 0 Å². The monoisotopic (exact) mass is 439 g/mol. The molecule has 4 rings (SSSR count). The molecule has 2 aliphatic rings. The number of carbonyl (C=O) groups is 2. The highest BCUT2D eigenvalue weighted by Gasteiger charge is 2.32. The van der Waals surface area contributed by atoms with Gasteiger partial charge in [0.1, 0.15) is 0 Å². The highest BCUT2D eigenvalue weighted by atomic mass is 35.5. The Kier molecular flexibility index (Phi) is 6.51. The van der Waals surface area contributed by atoms with E-state index < -0.39 is 0 Å². The summed E-state index contributed by atoms with van der Waals surface area (Å²) in [5, 5.41) is 0.479. The Morgan fingerprint density at radius 3 is 2.19 bits per heavy atom. The van der Waals surface area contributed by atoms with Gasteiger partial charge in [0, 0.05) is 50.9 Å². The molecule has 2 fully saturated rings. The molecule has 0 atom stereocenters. The van der Waals surface area contributed by atoms with Gasteiger partial charge in [-0.2, -0.15) is 0 Å². The molecule has 0 N–H and O–H groups in total. The zero-order chi connectivity index (χ0) is 22.0. The third kappa shape index (κ3) is 4.57. The summed E-state index contributed by atoms with van der Waals surface area (Å²) in [6.45, 7) is 8.74. The number of piperazine rings is 1. The van der Waals surface area contributed by atoms with Gasteiger partial charge in [0.2, 0.25) is 5.91 Å². The van der Waals surface area contributed by atoms with E-state index in [1.807, 2.05) is 21.9 Å². The van der Waals surface area contributed by atoms with E-state index in [2.05, 4.69) is 36.9 Å². The molecule has 2 aliphatic heterocycles. The molecule has 2 aromatic carbocycles. The van der Waals surface area contributed by atoms with Crippen molar-refractivity contribution in [3.63, 3.8) is 0 Å². The maximum atomic E-state index is 13.1. The molecule has 2 saturated heterocycles. The van der Waals surface area contributed by atoms with Crippen molar-refractivity contribution in [1.82, 2.24) is 9.80 Å². The zero-order valence-corrected chi connectivity index (χ0v) is 19.1. The molecule has 0 bridgehead atoms. The minimum atomic E-state index is -0.0429. The predicted molar refractivity (Wildman–Crippen MR) is 125 cm³/mol. The van der Waals surface area contributed by atoms with Gasteiger partial charge in [0.25, 0.3) is 5.91 Å². The van der Waals surface area contributed by atoms with Gasteiger partial charge in [0.05, 0.1) is 10.6 Å². The van der Waals surface area contributed by atoms with Crippen molar-refractivity contribution in [2.75, 3.05) is 44.2 Å². The number of nitrogens with zero attached hydrogens (tertiary/aromatic N) is 3. The van der Waals surface area contributed by atoms with Crippen molar-refractivity contribution in [3.8, 4) is 0 Å². The third-order valence-electron chi connectivity index (χ3n) is 6.74. The Labute approximate surface area is 189 Å². The molecule has 0 saturated carbocycles. The lowest BCUT2D eigenvalue weighted by Gasteiger charge is -2.40. The standard InChI is InChI=1S/C25H30ClN3O2/c1-18-6-5-9-23(19(18)2)27-14-16-29(17-15-27)24(30)20-10-12-28(13-11-20)25(31)21-7-3-4-8-22(21)26/h3-9,20H,10-17H2,1-2H3. The number of anilines is 1. The van der Waals surface area contributed by atoms with Gasteiger partial charge < -0.3 is 14.7 Å². The molecule has 2 heterocycles. The number of carbonyl (C=O) groups excluding carboxylic acids is 2. The summed E-state index contributed by atoms with van der Waals surface area (Å²) in [7, 11) is 0. The molecular formula is C25H30ClN3O2. The van der Waals surface area contributed by atoms with E-state index in [9.17, 15) is 9.59 Å². The van der Waals surface area contributed by atoms with Crippen molar-refractivity contribution in [1.29, 1.82) is 0 Å². The highest BCUT2D eigenvalue weighted by Crippen LogP contribution is 2.26. The second kappa shape index (κ2) is 9.31. The Balaban J connectivity index is 1.30. The van der Waals surface area contributed by atoms with Crippen LogP contribution in [0.2, 0.25) is 5.02 Å². The average Bonchev–Trinajstić information content (AvgIpc) is 2.80. The fourth-order valence-corrected chi connectivity index (χ4v) is 4.86. The van der Waals surface area contributed by atoms with E-state index >= 15 is 0 Å². The number of aryl methyl sites for hydroxylation is 1. The summed E-state index contributed by atoms with van der Waals surface area (Å²) in [5.41, 5.74) is 4.43. The van der Waals surface area contributed by atoms with Crippen LogP contribution in [-0.2, 0) is 4.79 Å². The molecule has 2 amide bonds. The van der Waals surface area contributed by atoms with Crippen LogP contribution in [0.15, 0.2) is 42.5 Å². The summed E-state index contributed by atoms with van der Waals surface area (Å²) in [4.78, 5) is 32.1. The van der Waals surface area contributed by atoms with Gasteiger partial charge >= 0.3 is 0 Å². The SMILES string of the molecule is Cc1cccc(N2CCN(C(=O)C3CCN(C(=O)c4ccccc4Cl)CC3)CC2)c1C. The van der Waals surface area contributed by atoms with E-state index in [1.54, 1.807) is 12.1 Å². The van der Waals surface area contributed by atoms with Crippen LogP contribution in [-0.4, -0.2) is 60.9 Å².